The molecule has 1 heterocycles. The van der Waals surface area contributed by atoms with Crippen molar-refractivity contribution in [3.05, 3.63) is 64.7 Å². The summed E-state index contributed by atoms with van der Waals surface area (Å²) in [5, 5.41) is 8.95. The van der Waals surface area contributed by atoms with Gasteiger partial charge in [0.15, 0.2) is 5.78 Å². The average Bonchev–Trinajstić information content (AvgIpc) is 2.64. The number of ketones is 1. The van der Waals surface area contributed by atoms with Crippen molar-refractivity contribution in [2.24, 2.45) is 0 Å². The van der Waals surface area contributed by atoms with Crippen LogP contribution in [0, 0.1) is 23.0 Å². The summed E-state index contributed by atoms with van der Waals surface area (Å²) in [6.45, 7) is 4.36. The van der Waals surface area contributed by atoms with Crippen molar-refractivity contribution in [2.75, 3.05) is 31.1 Å². The van der Waals surface area contributed by atoms with Gasteiger partial charge in [-0.3, -0.25) is 9.69 Å². The summed E-state index contributed by atoms with van der Waals surface area (Å²) >= 11 is 0. The van der Waals surface area contributed by atoms with Crippen LogP contribution >= 0.6 is 0 Å². The van der Waals surface area contributed by atoms with Gasteiger partial charge < -0.3 is 4.90 Å². The summed E-state index contributed by atoms with van der Waals surface area (Å²) in [7, 11) is 0. The molecule has 1 aliphatic heterocycles. The Bertz CT molecular complexity index is 868. The van der Waals surface area contributed by atoms with Crippen LogP contribution in [0.2, 0.25) is 0 Å². The van der Waals surface area contributed by atoms with E-state index in [1.165, 1.54) is 25.1 Å². The maximum atomic E-state index is 14.3. The number of Topliss-reactive ketones (excluding diaryl/α,β-unsaturated/α-hetero) is 1. The van der Waals surface area contributed by atoms with Gasteiger partial charge in [-0.1, -0.05) is 0 Å². The van der Waals surface area contributed by atoms with Crippen LogP contribution in [0.4, 0.5) is 14.5 Å². The zero-order valence-corrected chi connectivity index (χ0v) is 14.5. The number of halogens is 2. The number of carbonyl (C=O) groups excluding carboxylic acids is 1. The summed E-state index contributed by atoms with van der Waals surface area (Å²) in [6, 6.07) is 10.9. The zero-order chi connectivity index (χ0) is 18.7. The summed E-state index contributed by atoms with van der Waals surface area (Å²) < 4.78 is 28.2. The molecule has 0 aromatic heterocycles. The maximum absolute atomic E-state index is 14.3. The Hall–Kier alpha value is -2.78. The fourth-order valence-corrected chi connectivity index (χ4v) is 3.14. The minimum absolute atomic E-state index is 0.165. The number of nitrogens with zero attached hydrogens (tertiary/aromatic N) is 3. The number of carbonyl (C=O) groups is 1. The Labute approximate surface area is 151 Å². The lowest BCUT2D eigenvalue weighted by Crippen LogP contribution is -2.46. The van der Waals surface area contributed by atoms with E-state index in [9.17, 15) is 13.6 Å². The van der Waals surface area contributed by atoms with Gasteiger partial charge in [0.25, 0.3) is 0 Å². The number of hydrogen-bond donors (Lipinski definition) is 0. The van der Waals surface area contributed by atoms with Crippen LogP contribution in [-0.2, 0) is 6.54 Å². The lowest BCUT2D eigenvalue weighted by Gasteiger charge is -2.36. The second-order valence-electron chi connectivity index (χ2n) is 6.40. The number of rotatable bonds is 4. The number of benzene rings is 2. The van der Waals surface area contributed by atoms with Crippen LogP contribution in [-0.4, -0.2) is 36.9 Å². The van der Waals surface area contributed by atoms with Gasteiger partial charge in [-0.2, -0.15) is 5.26 Å². The predicted octanol–water partition coefficient (Wildman–Crippen LogP) is 3.36. The molecule has 0 spiro atoms. The number of piperazine rings is 1. The first-order valence-corrected chi connectivity index (χ1v) is 8.44. The zero-order valence-electron chi connectivity index (χ0n) is 14.5. The number of hydrogen-bond acceptors (Lipinski definition) is 4. The largest absolute Gasteiger partial charge is 0.367 e. The topological polar surface area (TPSA) is 47.3 Å². The second kappa shape index (κ2) is 7.63. The molecule has 2 aromatic rings. The van der Waals surface area contributed by atoms with Crippen molar-refractivity contribution in [1.29, 1.82) is 5.26 Å². The van der Waals surface area contributed by atoms with E-state index in [1.807, 2.05) is 11.0 Å². The Kier molecular flexibility index (Phi) is 5.29. The molecule has 0 aliphatic carbocycles. The van der Waals surface area contributed by atoms with Crippen LogP contribution in [0.15, 0.2) is 36.4 Å². The van der Waals surface area contributed by atoms with Crippen molar-refractivity contribution in [3.63, 3.8) is 0 Å². The summed E-state index contributed by atoms with van der Waals surface area (Å²) in [6.07, 6.45) is 0. The van der Waals surface area contributed by atoms with Crippen molar-refractivity contribution in [2.45, 2.75) is 13.5 Å². The van der Waals surface area contributed by atoms with Crippen LogP contribution in [0.25, 0.3) is 0 Å². The highest BCUT2D eigenvalue weighted by Gasteiger charge is 2.21. The van der Waals surface area contributed by atoms with Crippen LogP contribution in [0.5, 0.6) is 0 Å². The van der Waals surface area contributed by atoms with E-state index in [0.717, 1.165) is 0 Å². The van der Waals surface area contributed by atoms with Gasteiger partial charge in [0.05, 0.1) is 17.3 Å². The van der Waals surface area contributed by atoms with E-state index >= 15 is 0 Å². The number of anilines is 1. The highest BCUT2D eigenvalue weighted by atomic mass is 19.1. The summed E-state index contributed by atoms with van der Waals surface area (Å²) in [5.41, 5.74) is 1.77. The van der Waals surface area contributed by atoms with Crippen molar-refractivity contribution in [3.8, 4) is 6.07 Å². The molecule has 3 rings (SSSR count). The normalized spacial score (nSPS) is 14.9. The van der Waals surface area contributed by atoms with E-state index in [1.54, 1.807) is 18.2 Å². The predicted molar refractivity (Wildman–Crippen MR) is 95.0 cm³/mol. The van der Waals surface area contributed by atoms with E-state index in [4.69, 9.17) is 5.26 Å². The molecule has 26 heavy (non-hydrogen) atoms. The minimum Gasteiger partial charge on any atom is -0.367 e. The van der Waals surface area contributed by atoms with E-state index < -0.39 is 5.82 Å². The summed E-state index contributed by atoms with van der Waals surface area (Å²) in [4.78, 5) is 15.3. The molecule has 0 saturated carbocycles. The maximum Gasteiger partial charge on any atom is 0.159 e. The van der Waals surface area contributed by atoms with Gasteiger partial charge in [0.2, 0.25) is 0 Å². The Balaban J connectivity index is 1.65. The first kappa shape index (κ1) is 18.0. The molecule has 0 bridgehead atoms. The SMILES string of the molecule is CC(=O)c1ccc(N2CCN(Cc3cc(C#N)ccc3F)CC2)c(F)c1. The molecule has 0 atom stereocenters. The van der Waals surface area contributed by atoms with Crippen molar-refractivity contribution < 1.29 is 13.6 Å². The summed E-state index contributed by atoms with van der Waals surface area (Å²) in [5.74, 6) is -0.891. The Morgan fingerprint density at radius 3 is 2.42 bits per heavy atom. The Morgan fingerprint density at radius 1 is 1.08 bits per heavy atom. The third-order valence-corrected chi connectivity index (χ3v) is 4.64. The average molecular weight is 355 g/mol. The molecule has 0 amide bonds. The second-order valence-corrected chi connectivity index (χ2v) is 6.40. The molecule has 6 heteroatoms. The molecule has 1 aliphatic rings. The van der Waals surface area contributed by atoms with Gasteiger partial charge in [0.1, 0.15) is 11.6 Å². The van der Waals surface area contributed by atoms with Crippen LogP contribution < -0.4 is 4.90 Å². The Morgan fingerprint density at radius 2 is 1.81 bits per heavy atom. The highest BCUT2D eigenvalue weighted by Crippen LogP contribution is 2.23. The lowest BCUT2D eigenvalue weighted by molar-refractivity contribution is 0.101. The van der Waals surface area contributed by atoms with E-state index in [2.05, 4.69) is 4.90 Å². The molecule has 1 saturated heterocycles. The van der Waals surface area contributed by atoms with Gasteiger partial charge in [-0.25, -0.2) is 8.78 Å². The van der Waals surface area contributed by atoms with Crippen molar-refractivity contribution >= 4 is 11.5 Å². The minimum atomic E-state index is -0.404. The third kappa shape index (κ3) is 3.89. The first-order chi connectivity index (χ1) is 12.5. The van der Waals surface area contributed by atoms with Gasteiger partial charge in [-0.05, 0) is 43.3 Å². The quantitative estimate of drug-likeness (QED) is 0.789. The monoisotopic (exact) mass is 355 g/mol. The fourth-order valence-electron chi connectivity index (χ4n) is 3.14. The van der Waals surface area contributed by atoms with Crippen LogP contribution in [0.3, 0.4) is 0 Å². The first-order valence-electron chi connectivity index (χ1n) is 8.44. The van der Waals surface area contributed by atoms with Gasteiger partial charge in [0, 0.05) is 43.9 Å². The molecule has 4 nitrogen and oxygen atoms in total. The lowest BCUT2D eigenvalue weighted by atomic mass is 10.1. The molecule has 134 valence electrons. The van der Waals surface area contributed by atoms with E-state index in [-0.39, 0.29) is 11.6 Å². The molecular formula is C20H19F2N3O. The molecule has 1 fully saturated rings. The van der Waals surface area contributed by atoms with Gasteiger partial charge in [-0.15, -0.1) is 0 Å². The smallest absolute Gasteiger partial charge is 0.159 e. The van der Waals surface area contributed by atoms with Crippen molar-refractivity contribution in [1.82, 2.24) is 4.90 Å². The number of nitriles is 1. The molecule has 0 radical (unpaired) electrons. The van der Waals surface area contributed by atoms with Gasteiger partial charge >= 0.3 is 0 Å². The molecule has 0 N–H and O–H groups in total. The van der Waals surface area contributed by atoms with E-state index in [0.29, 0.717) is 55.1 Å². The highest BCUT2D eigenvalue weighted by molar-refractivity contribution is 5.94. The molecule has 2 aromatic carbocycles. The molecule has 0 unspecified atom stereocenters. The third-order valence-electron chi connectivity index (χ3n) is 4.64. The fraction of sp³-hybridized carbons (Fsp3) is 0.300. The molecular weight excluding hydrogens is 336 g/mol. The van der Waals surface area contributed by atoms with Crippen LogP contribution in [0.1, 0.15) is 28.4 Å². The standard InChI is InChI=1S/C20H19F2N3O/c1-14(26)16-3-5-20(19(22)11-16)25-8-6-24(7-9-25)13-17-10-15(12-23)2-4-18(17)21/h2-5,10-11H,6-9,13H2,1H3.